The molecule has 1 fully saturated rings. The van der Waals surface area contributed by atoms with Crippen molar-refractivity contribution in [1.29, 1.82) is 0 Å². The van der Waals surface area contributed by atoms with Crippen molar-refractivity contribution in [2.75, 3.05) is 18.6 Å². The SMILES string of the molecule is COc1ccc(N2C(=O)CC(N(CCc3cccc(Cl)c3)C(=O)c3ccccc3F)C2=O)cc1. The number of anilines is 1. The standard InChI is InChI=1S/C26H22ClFN2O4/c1-34-20-11-9-19(10-12-20)30-24(31)16-23(26(30)33)29(14-13-17-5-4-6-18(27)15-17)25(32)21-7-2-3-8-22(21)28/h2-12,15,23H,13-14,16H2,1H3. The molecule has 3 amide bonds. The van der Waals surface area contributed by atoms with Gasteiger partial charge in [0.2, 0.25) is 5.91 Å². The second-order valence-corrected chi connectivity index (χ2v) is 8.28. The molecule has 1 heterocycles. The summed E-state index contributed by atoms with van der Waals surface area (Å²) in [4.78, 5) is 41.9. The van der Waals surface area contributed by atoms with Crippen LogP contribution in [0, 0.1) is 5.82 Å². The molecule has 1 unspecified atom stereocenters. The van der Waals surface area contributed by atoms with Gasteiger partial charge in [0.1, 0.15) is 17.6 Å². The van der Waals surface area contributed by atoms with Crippen molar-refractivity contribution in [1.82, 2.24) is 4.90 Å². The predicted octanol–water partition coefficient (Wildman–Crippen LogP) is 4.50. The average Bonchev–Trinajstić information content (AvgIpc) is 3.13. The Kier molecular flexibility index (Phi) is 6.93. The Balaban J connectivity index is 1.64. The lowest BCUT2D eigenvalue weighted by atomic mass is 10.1. The molecule has 0 saturated carbocycles. The van der Waals surface area contributed by atoms with Crippen molar-refractivity contribution in [2.24, 2.45) is 0 Å². The molecule has 0 aliphatic carbocycles. The van der Waals surface area contributed by atoms with Gasteiger partial charge in [-0.3, -0.25) is 14.4 Å². The van der Waals surface area contributed by atoms with Crippen LogP contribution in [0.1, 0.15) is 22.3 Å². The number of imide groups is 1. The fourth-order valence-electron chi connectivity index (χ4n) is 3.99. The van der Waals surface area contributed by atoms with E-state index in [0.29, 0.717) is 22.9 Å². The van der Waals surface area contributed by atoms with Crippen molar-refractivity contribution < 1.29 is 23.5 Å². The highest BCUT2D eigenvalue weighted by Gasteiger charge is 2.44. The monoisotopic (exact) mass is 480 g/mol. The van der Waals surface area contributed by atoms with Crippen molar-refractivity contribution in [2.45, 2.75) is 18.9 Å². The van der Waals surface area contributed by atoms with Gasteiger partial charge in [0, 0.05) is 11.6 Å². The molecule has 1 aliphatic heterocycles. The number of carbonyl (C=O) groups excluding carboxylic acids is 3. The van der Waals surface area contributed by atoms with Gasteiger partial charge in [-0.15, -0.1) is 0 Å². The molecule has 0 radical (unpaired) electrons. The molecule has 0 spiro atoms. The van der Waals surface area contributed by atoms with Gasteiger partial charge in [0.05, 0.1) is 24.8 Å². The van der Waals surface area contributed by atoms with Gasteiger partial charge in [-0.05, 0) is 60.5 Å². The summed E-state index contributed by atoms with van der Waals surface area (Å²) in [5.41, 5.74) is 1.07. The van der Waals surface area contributed by atoms with E-state index in [2.05, 4.69) is 0 Å². The van der Waals surface area contributed by atoms with Gasteiger partial charge >= 0.3 is 0 Å². The number of carbonyl (C=O) groups is 3. The molecule has 174 valence electrons. The third kappa shape index (κ3) is 4.79. The molecule has 1 atom stereocenters. The van der Waals surface area contributed by atoms with E-state index in [4.69, 9.17) is 16.3 Å². The van der Waals surface area contributed by atoms with Crippen molar-refractivity contribution in [3.63, 3.8) is 0 Å². The summed E-state index contributed by atoms with van der Waals surface area (Å²) in [5, 5.41) is 0.544. The Labute approximate surface area is 201 Å². The quantitative estimate of drug-likeness (QED) is 0.467. The van der Waals surface area contributed by atoms with Crippen LogP contribution >= 0.6 is 11.6 Å². The number of rotatable bonds is 7. The summed E-state index contributed by atoms with van der Waals surface area (Å²) in [7, 11) is 1.52. The minimum atomic E-state index is -1.05. The van der Waals surface area contributed by atoms with Gasteiger partial charge in [0.25, 0.3) is 11.8 Å². The van der Waals surface area contributed by atoms with E-state index in [0.717, 1.165) is 10.5 Å². The van der Waals surface area contributed by atoms with Gasteiger partial charge in [-0.25, -0.2) is 9.29 Å². The van der Waals surface area contributed by atoms with Gasteiger partial charge in [0.15, 0.2) is 0 Å². The highest BCUT2D eigenvalue weighted by Crippen LogP contribution is 2.29. The smallest absolute Gasteiger partial charge is 0.257 e. The van der Waals surface area contributed by atoms with E-state index in [1.165, 1.54) is 30.2 Å². The van der Waals surface area contributed by atoms with Crippen LogP contribution in [-0.2, 0) is 16.0 Å². The minimum Gasteiger partial charge on any atom is -0.497 e. The largest absolute Gasteiger partial charge is 0.497 e. The Morgan fingerprint density at radius 3 is 2.50 bits per heavy atom. The predicted molar refractivity (Wildman–Crippen MR) is 126 cm³/mol. The number of ether oxygens (including phenoxy) is 1. The van der Waals surface area contributed by atoms with E-state index in [1.807, 2.05) is 6.07 Å². The number of methoxy groups -OCH3 is 1. The van der Waals surface area contributed by atoms with Gasteiger partial charge in [-0.2, -0.15) is 0 Å². The lowest BCUT2D eigenvalue weighted by Gasteiger charge is -2.28. The highest BCUT2D eigenvalue weighted by atomic mass is 35.5. The molecule has 0 N–H and O–H groups in total. The van der Waals surface area contributed by atoms with Crippen LogP contribution < -0.4 is 9.64 Å². The molecule has 3 aromatic carbocycles. The highest BCUT2D eigenvalue weighted by molar-refractivity contribution is 6.30. The first kappa shape index (κ1) is 23.4. The number of amides is 3. The van der Waals surface area contributed by atoms with E-state index in [-0.39, 0.29) is 18.5 Å². The zero-order valence-electron chi connectivity index (χ0n) is 18.4. The van der Waals surface area contributed by atoms with Crippen LogP contribution in [-0.4, -0.2) is 42.3 Å². The van der Waals surface area contributed by atoms with Crippen LogP contribution in [0.3, 0.4) is 0 Å². The summed E-state index contributed by atoms with van der Waals surface area (Å²) >= 11 is 6.07. The molecule has 0 aromatic heterocycles. The summed E-state index contributed by atoms with van der Waals surface area (Å²) in [6.07, 6.45) is 0.182. The second kappa shape index (κ2) is 10.1. The summed E-state index contributed by atoms with van der Waals surface area (Å²) in [6, 6.07) is 18.2. The normalized spacial score (nSPS) is 15.5. The molecular weight excluding hydrogens is 459 g/mol. The maximum Gasteiger partial charge on any atom is 0.257 e. The van der Waals surface area contributed by atoms with Gasteiger partial charge in [-0.1, -0.05) is 35.9 Å². The number of hydrogen-bond acceptors (Lipinski definition) is 4. The lowest BCUT2D eigenvalue weighted by molar-refractivity contribution is -0.122. The van der Waals surface area contributed by atoms with E-state index in [9.17, 15) is 18.8 Å². The first-order chi connectivity index (χ1) is 16.4. The molecular formula is C26H22ClFN2O4. The maximum atomic E-state index is 14.5. The number of nitrogens with zero attached hydrogens (tertiary/aromatic N) is 2. The van der Waals surface area contributed by atoms with E-state index >= 15 is 0 Å². The van der Waals surface area contributed by atoms with Crippen LogP contribution in [0.25, 0.3) is 0 Å². The lowest BCUT2D eigenvalue weighted by Crippen LogP contribution is -2.46. The Morgan fingerprint density at radius 1 is 1.09 bits per heavy atom. The van der Waals surface area contributed by atoms with Crippen molar-refractivity contribution in [3.8, 4) is 5.75 Å². The molecule has 8 heteroatoms. The first-order valence-electron chi connectivity index (χ1n) is 10.7. The Hall–Kier alpha value is -3.71. The van der Waals surface area contributed by atoms with Crippen molar-refractivity contribution >= 4 is 35.0 Å². The molecule has 4 rings (SSSR count). The minimum absolute atomic E-state index is 0.105. The fourth-order valence-corrected chi connectivity index (χ4v) is 4.21. The zero-order chi connectivity index (χ0) is 24.2. The van der Waals surface area contributed by atoms with Crippen molar-refractivity contribution in [3.05, 3.63) is 94.8 Å². The van der Waals surface area contributed by atoms with E-state index < -0.39 is 29.6 Å². The number of hydrogen-bond donors (Lipinski definition) is 0. The molecule has 6 nitrogen and oxygen atoms in total. The Bertz CT molecular complexity index is 1230. The van der Waals surface area contributed by atoms with Crippen LogP contribution in [0.2, 0.25) is 5.02 Å². The van der Waals surface area contributed by atoms with Crippen LogP contribution in [0.4, 0.5) is 10.1 Å². The maximum absolute atomic E-state index is 14.5. The fraction of sp³-hybridized carbons (Fsp3) is 0.192. The third-order valence-electron chi connectivity index (χ3n) is 5.73. The van der Waals surface area contributed by atoms with Crippen LogP contribution in [0.15, 0.2) is 72.8 Å². The topological polar surface area (TPSA) is 66.9 Å². The third-order valence-corrected chi connectivity index (χ3v) is 5.96. The van der Waals surface area contributed by atoms with Crippen LogP contribution in [0.5, 0.6) is 5.75 Å². The van der Waals surface area contributed by atoms with Gasteiger partial charge < -0.3 is 9.64 Å². The summed E-state index contributed by atoms with van der Waals surface area (Å²) < 4.78 is 19.6. The molecule has 0 bridgehead atoms. The average molecular weight is 481 g/mol. The first-order valence-corrected chi connectivity index (χ1v) is 11.1. The molecule has 34 heavy (non-hydrogen) atoms. The number of halogens is 2. The second-order valence-electron chi connectivity index (χ2n) is 7.84. The van der Waals surface area contributed by atoms with E-state index in [1.54, 1.807) is 48.5 Å². The number of benzene rings is 3. The summed E-state index contributed by atoms with van der Waals surface area (Å²) in [5.74, 6) is -1.73. The Morgan fingerprint density at radius 2 is 1.82 bits per heavy atom. The molecule has 3 aromatic rings. The molecule has 1 aliphatic rings. The summed E-state index contributed by atoms with van der Waals surface area (Å²) in [6.45, 7) is 0.105. The zero-order valence-corrected chi connectivity index (χ0v) is 19.2. The molecule has 1 saturated heterocycles.